The van der Waals surface area contributed by atoms with Crippen molar-refractivity contribution in [1.82, 2.24) is 14.9 Å². The maximum atomic E-state index is 14.2. The number of aromatic nitrogens is 2. The summed E-state index contributed by atoms with van der Waals surface area (Å²) in [5, 5.41) is 2.93. The van der Waals surface area contributed by atoms with Gasteiger partial charge in [0.1, 0.15) is 23.1 Å². The highest BCUT2D eigenvalue weighted by atomic mass is 32.2. The van der Waals surface area contributed by atoms with Crippen LogP contribution in [0.1, 0.15) is 62.5 Å². The average molecular weight is 611 g/mol. The summed E-state index contributed by atoms with van der Waals surface area (Å²) in [7, 11) is -3.63. The number of amides is 1. The van der Waals surface area contributed by atoms with E-state index in [1.54, 1.807) is 32.9 Å². The van der Waals surface area contributed by atoms with Crippen LogP contribution in [-0.4, -0.2) is 35.9 Å². The van der Waals surface area contributed by atoms with E-state index in [0.717, 1.165) is 42.9 Å². The number of halogens is 2. The van der Waals surface area contributed by atoms with Gasteiger partial charge in [-0.1, -0.05) is 12.1 Å². The van der Waals surface area contributed by atoms with E-state index in [2.05, 4.69) is 10.0 Å². The highest BCUT2D eigenvalue weighted by Crippen LogP contribution is 2.40. The van der Waals surface area contributed by atoms with Crippen LogP contribution >= 0.6 is 0 Å². The molecule has 1 amide bonds. The van der Waals surface area contributed by atoms with E-state index in [1.807, 2.05) is 12.1 Å². The zero-order valence-corrected chi connectivity index (χ0v) is 25.0. The Morgan fingerprint density at radius 2 is 1.70 bits per heavy atom. The third-order valence-corrected chi connectivity index (χ3v) is 7.37. The molecule has 3 aromatic carbocycles. The van der Waals surface area contributed by atoms with Crippen molar-refractivity contribution in [1.29, 1.82) is 0 Å². The Hall–Kier alpha value is -4.32. The molecule has 226 valence electrons. The molecule has 1 fully saturated rings. The van der Waals surface area contributed by atoms with E-state index in [4.69, 9.17) is 9.72 Å². The predicted molar refractivity (Wildman–Crippen MR) is 160 cm³/mol. The molecular weight excluding hydrogens is 578 g/mol. The number of nitrogens with zero attached hydrogens (tertiary/aromatic N) is 2. The number of alkyl carbamates (subject to hydrolysis) is 1. The van der Waals surface area contributed by atoms with E-state index >= 15 is 0 Å². The van der Waals surface area contributed by atoms with Crippen LogP contribution in [0.4, 0.5) is 19.3 Å². The molecule has 2 N–H and O–H groups in total. The van der Waals surface area contributed by atoms with Crippen molar-refractivity contribution in [3.8, 4) is 5.69 Å². The van der Waals surface area contributed by atoms with Crippen molar-refractivity contribution >= 4 is 32.7 Å². The van der Waals surface area contributed by atoms with E-state index in [-0.39, 0.29) is 34.4 Å². The maximum Gasteiger partial charge on any atom is 0.408 e. The zero-order chi connectivity index (χ0) is 31.1. The van der Waals surface area contributed by atoms with Crippen LogP contribution in [0.2, 0.25) is 0 Å². The summed E-state index contributed by atoms with van der Waals surface area (Å²) in [5.74, 6) is -1.07. The first-order chi connectivity index (χ1) is 20.1. The van der Waals surface area contributed by atoms with Crippen molar-refractivity contribution in [3.63, 3.8) is 0 Å². The smallest absolute Gasteiger partial charge is 0.408 e. The van der Waals surface area contributed by atoms with Crippen molar-refractivity contribution in [2.45, 2.75) is 57.6 Å². The lowest BCUT2D eigenvalue weighted by molar-refractivity contribution is 0.0500. The summed E-state index contributed by atoms with van der Waals surface area (Å²) >= 11 is 0. The number of anilines is 1. The largest absolute Gasteiger partial charge is 0.444 e. The number of sulfonamides is 1. The highest BCUT2D eigenvalue weighted by molar-refractivity contribution is 7.92. The number of carbonyl (C=O) groups is 1. The van der Waals surface area contributed by atoms with Gasteiger partial charge in [0, 0.05) is 12.5 Å². The van der Waals surface area contributed by atoms with Gasteiger partial charge in [-0.3, -0.25) is 14.1 Å². The molecule has 5 rings (SSSR count). The Morgan fingerprint density at radius 1 is 1.05 bits per heavy atom. The van der Waals surface area contributed by atoms with Crippen molar-refractivity contribution in [2.75, 3.05) is 11.0 Å². The highest BCUT2D eigenvalue weighted by Gasteiger charge is 2.28. The van der Waals surface area contributed by atoms with Crippen LogP contribution in [0.5, 0.6) is 0 Å². The Labute approximate surface area is 248 Å². The Balaban J connectivity index is 1.71. The van der Waals surface area contributed by atoms with Gasteiger partial charge in [-0.05, 0) is 93.1 Å². The molecule has 0 unspecified atom stereocenters. The molecule has 1 saturated carbocycles. The molecule has 1 aliphatic carbocycles. The van der Waals surface area contributed by atoms with Crippen LogP contribution in [0.25, 0.3) is 16.6 Å². The quantitative estimate of drug-likeness (QED) is 0.263. The lowest BCUT2D eigenvalue weighted by Gasteiger charge is -2.25. The SMILES string of the molecule is CC(C)(C)OC(=O)N[C@@H](Cc1cc(F)cc(F)c1)c1nc2cc(NS(C)(=O)=O)ccc2c(=O)n1-c1ccc(C2CC2)cc1. The van der Waals surface area contributed by atoms with Gasteiger partial charge < -0.3 is 10.1 Å². The summed E-state index contributed by atoms with van der Waals surface area (Å²) in [6.45, 7) is 5.06. The molecule has 0 spiro atoms. The van der Waals surface area contributed by atoms with Gasteiger partial charge in [0.15, 0.2) is 0 Å². The van der Waals surface area contributed by atoms with Crippen LogP contribution in [0.3, 0.4) is 0 Å². The molecule has 4 aromatic rings. The Kier molecular flexibility index (Phi) is 7.99. The maximum absolute atomic E-state index is 14.2. The number of fused-ring (bicyclic) bond motifs is 1. The van der Waals surface area contributed by atoms with Gasteiger partial charge in [-0.15, -0.1) is 0 Å². The minimum Gasteiger partial charge on any atom is -0.444 e. The third kappa shape index (κ3) is 7.56. The number of ether oxygens (including phenoxy) is 1. The third-order valence-electron chi connectivity index (χ3n) is 6.76. The monoisotopic (exact) mass is 610 g/mol. The van der Waals surface area contributed by atoms with Crippen molar-refractivity contribution < 1.29 is 26.7 Å². The normalized spacial score (nSPS) is 14.4. The van der Waals surface area contributed by atoms with Crippen LogP contribution < -0.4 is 15.6 Å². The number of nitrogens with one attached hydrogen (secondary N) is 2. The minimum absolute atomic E-state index is 0.0590. The van der Waals surface area contributed by atoms with Gasteiger partial charge in [0.25, 0.3) is 5.56 Å². The molecular formula is C31H32F2N4O5S. The fourth-order valence-electron chi connectivity index (χ4n) is 4.90. The number of rotatable bonds is 8. The second-order valence-corrected chi connectivity index (χ2v) is 13.5. The first-order valence-corrected chi connectivity index (χ1v) is 15.6. The summed E-state index contributed by atoms with van der Waals surface area (Å²) in [6.07, 6.45) is 2.22. The molecule has 1 aliphatic rings. The lowest BCUT2D eigenvalue weighted by Crippen LogP contribution is -2.39. The minimum atomic E-state index is -3.63. The molecule has 0 radical (unpaired) electrons. The van der Waals surface area contributed by atoms with Crippen LogP contribution in [0, 0.1) is 11.6 Å². The molecule has 0 saturated heterocycles. The number of carbonyl (C=O) groups excluding carboxylic acids is 1. The van der Waals surface area contributed by atoms with Gasteiger partial charge in [-0.25, -0.2) is 27.0 Å². The average Bonchev–Trinajstić information content (AvgIpc) is 3.71. The van der Waals surface area contributed by atoms with Crippen LogP contribution in [-0.2, 0) is 21.2 Å². The van der Waals surface area contributed by atoms with E-state index in [0.29, 0.717) is 11.6 Å². The lowest BCUT2D eigenvalue weighted by atomic mass is 10.0. The summed E-state index contributed by atoms with van der Waals surface area (Å²) in [6, 6.07) is 13.7. The van der Waals surface area contributed by atoms with Crippen LogP contribution in [0.15, 0.2) is 65.5 Å². The van der Waals surface area contributed by atoms with Gasteiger partial charge in [0.2, 0.25) is 10.0 Å². The summed E-state index contributed by atoms with van der Waals surface area (Å²) in [4.78, 5) is 31.8. The van der Waals surface area contributed by atoms with Gasteiger partial charge >= 0.3 is 6.09 Å². The second kappa shape index (κ2) is 11.4. The molecule has 1 heterocycles. The van der Waals surface area contributed by atoms with E-state index in [9.17, 15) is 26.8 Å². The molecule has 0 bridgehead atoms. The van der Waals surface area contributed by atoms with E-state index in [1.165, 1.54) is 22.8 Å². The van der Waals surface area contributed by atoms with Crippen molar-refractivity contribution in [2.24, 2.45) is 0 Å². The molecule has 12 heteroatoms. The Morgan fingerprint density at radius 3 is 2.28 bits per heavy atom. The number of benzene rings is 3. The standard InChI is InChI=1S/C31H32F2N4O5S/c1-31(2,3)42-30(39)35-27(15-18-13-21(32)16-22(33)14-18)28-34-26-17-23(36-43(4,40)41)9-12-25(26)29(38)37(28)24-10-7-20(8-11-24)19-5-6-19/h7-14,16-17,19,27,36H,5-6,15H2,1-4H3,(H,35,39)/t27-/m0/s1. The zero-order valence-electron chi connectivity index (χ0n) is 24.1. The Bertz CT molecular complexity index is 1840. The predicted octanol–water partition coefficient (Wildman–Crippen LogP) is 5.72. The second-order valence-electron chi connectivity index (χ2n) is 11.8. The molecule has 1 aromatic heterocycles. The summed E-state index contributed by atoms with van der Waals surface area (Å²) < 4.78 is 61.3. The fourth-order valence-corrected chi connectivity index (χ4v) is 5.45. The first kappa shape index (κ1) is 30.1. The van der Waals surface area contributed by atoms with Gasteiger partial charge in [-0.2, -0.15) is 0 Å². The molecule has 1 atom stereocenters. The molecule has 0 aliphatic heterocycles. The first-order valence-electron chi connectivity index (χ1n) is 13.7. The topological polar surface area (TPSA) is 119 Å². The number of hydrogen-bond acceptors (Lipinski definition) is 6. The van der Waals surface area contributed by atoms with E-state index < -0.39 is 45.0 Å². The van der Waals surface area contributed by atoms with Crippen molar-refractivity contribution in [3.05, 3.63) is 99.6 Å². The van der Waals surface area contributed by atoms with Gasteiger partial charge in [0.05, 0.1) is 34.6 Å². The molecule has 9 nitrogen and oxygen atoms in total. The molecule has 43 heavy (non-hydrogen) atoms. The summed E-state index contributed by atoms with van der Waals surface area (Å²) in [5.41, 5.74) is 0.813. The number of hydrogen-bond donors (Lipinski definition) is 2. The fraction of sp³-hybridized carbons (Fsp3) is 0.323.